The fourth-order valence-corrected chi connectivity index (χ4v) is 1.93. The lowest BCUT2D eigenvalue weighted by atomic mass is 10.3. The van der Waals surface area contributed by atoms with E-state index in [1.165, 1.54) is 11.3 Å². The third-order valence-electron chi connectivity index (χ3n) is 1.66. The summed E-state index contributed by atoms with van der Waals surface area (Å²) in [5.74, 6) is -0.0385. The van der Waals surface area contributed by atoms with Crippen molar-refractivity contribution < 1.29 is 14.3 Å². The van der Waals surface area contributed by atoms with Crippen LogP contribution in [0.2, 0.25) is 4.34 Å². The fourth-order valence-electron chi connectivity index (χ4n) is 0.962. The predicted octanol–water partition coefficient (Wildman–Crippen LogP) is 2.64. The molecule has 0 unspecified atom stereocenters. The van der Waals surface area contributed by atoms with Crippen LogP contribution in [0.4, 0.5) is 0 Å². The molecule has 0 spiro atoms. The van der Waals surface area contributed by atoms with Crippen molar-refractivity contribution in [2.75, 3.05) is 26.4 Å². The minimum Gasteiger partial charge on any atom is -0.379 e. The molecule has 0 radical (unpaired) electrons. The number of carbonyl (C=O) groups is 1. The van der Waals surface area contributed by atoms with Gasteiger partial charge in [0.1, 0.15) is 6.61 Å². The second kappa shape index (κ2) is 6.95. The predicted molar refractivity (Wildman–Crippen MR) is 61.0 cm³/mol. The van der Waals surface area contributed by atoms with Crippen molar-refractivity contribution in [3.8, 4) is 0 Å². The van der Waals surface area contributed by atoms with Gasteiger partial charge in [-0.3, -0.25) is 4.79 Å². The first-order valence-electron chi connectivity index (χ1n) is 4.68. The Morgan fingerprint density at radius 3 is 2.73 bits per heavy atom. The van der Waals surface area contributed by atoms with Crippen molar-refractivity contribution in [1.29, 1.82) is 0 Å². The minimum atomic E-state index is -0.0385. The Morgan fingerprint density at radius 2 is 2.13 bits per heavy atom. The molecule has 15 heavy (non-hydrogen) atoms. The smallest absolute Gasteiger partial charge is 0.198 e. The van der Waals surface area contributed by atoms with Gasteiger partial charge in [0.05, 0.1) is 22.4 Å². The van der Waals surface area contributed by atoms with Crippen LogP contribution in [-0.2, 0) is 9.47 Å². The van der Waals surface area contributed by atoms with Gasteiger partial charge < -0.3 is 9.47 Å². The highest BCUT2D eigenvalue weighted by Gasteiger charge is 2.08. The first-order chi connectivity index (χ1) is 7.24. The van der Waals surface area contributed by atoms with E-state index in [9.17, 15) is 4.79 Å². The average Bonchev–Trinajstić information content (AvgIpc) is 2.64. The van der Waals surface area contributed by atoms with Crippen LogP contribution < -0.4 is 0 Å². The highest BCUT2D eigenvalue weighted by Crippen LogP contribution is 2.21. The lowest BCUT2D eigenvalue weighted by molar-refractivity contribution is 0.0477. The van der Waals surface area contributed by atoms with E-state index in [0.29, 0.717) is 29.0 Å². The van der Waals surface area contributed by atoms with Crippen molar-refractivity contribution >= 4 is 28.7 Å². The van der Waals surface area contributed by atoms with Crippen LogP contribution in [0, 0.1) is 0 Å². The molecule has 0 bridgehead atoms. The molecular weight excluding hydrogens is 236 g/mol. The highest BCUT2D eigenvalue weighted by atomic mass is 35.5. The Morgan fingerprint density at radius 1 is 1.40 bits per heavy atom. The summed E-state index contributed by atoms with van der Waals surface area (Å²) in [5, 5.41) is 0. The zero-order valence-corrected chi connectivity index (χ0v) is 10.1. The molecule has 1 aromatic heterocycles. The third kappa shape index (κ3) is 4.75. The summed E-state index contributed by atoms with van der Waals surface area (Å²) >= 11 is 6.98. The molecular formula is C10H13ClO3S. The van der Waals surface area contributed by atoms with Gasteiger partial charge in [0, 0.05) is 6.61 Å². The zero-order chi connectivity index (χ0) is 11.1. The van der Waals surface area contributed by atoms with Crippen molar-refractivity contribution in [2.24, 2.45) is 0 Å². The summed E-state index contributed by atoms with van der Waals surface area (Å²) in [6.45, 7) is 3.63. The van der Waals surface area contributed by atoms with E-state index in [1.807, 2.05) is 6.92 Å². The summed E-state index contributed by atoms with van der Waals surface area (Å²) in [5.41, 5.74) is 0. The van der Waals surface area contributed by atoms with Gasteiger partial charge in [0.2, 0.25) is 0 Å². The second-order valence-electron chi connectivity index (χ2n) is 2.78. The largest absolute Gasteiger partial charge is 0.379 e. The number of ether oxygens (including phenoxy) is 2. The number of Topliss-reactive ketones (excluding diaryl/α,β-unsaturated/α-hetero) is 1. The molecule has 1 heterocycles. The van der Waals surface area contributed by atoms with Gasteiger partial charge in [-0.2, -0.15) is 0 Å². The molecule has 0 aliphatic heterocycles. The van der Waals surface area contributed by atoms with E-state index in [0.717, 1.165) is 0 Å². The van der Waals surface area contributed by atoms with E-state index < -0.39 is 0 Å². The van der Waals surface area contributed by atoms with E-state index in [4.69, 9.17) is 21.1 Å². The van der Waals surface area contributed by atoms with E-state index in [1.54, 1.807) is 12.1 Å². The minimum absolute atomic E-state index is 0.0385. The average molecular weight is 249 g/mol. The van der Waals surface area contributed by atoms with Crippen LogP contribution in [-0.4, -0.2) is 32.2 Å². The molecule has 84 valence electrons. The Labute approximate surface area is 98.0 Å². The molecule has 3 nitrogen and oxygen atoms in total. The van der Waals surface area contributed by atoms with E-state index >= 15 is 0 Å². The molecule has 0 amide bonds. The lowest BCUT2D eigenvalue weighted by Crippen LogP contribution is -2.11. The van der Waals surface area contributed by atoms with Crippen LogP contribution in [0.3, 0.4) is 0 Å². The molecule has 0 fully saturated rings. The topological polar surface area (TPSA) is 35.5 Å². The normalized spacial score (nSPS) is 10.5. The molecule has 0 atom stereocenters. The fraction of sp³-hybridized carbons (Fsp3) is 0.500. The van der Waals surface area contributed by atoms with Gasteiger partial charge in [-0.25, -0.2) is 0 Å². The monoisotopic (exact) mass is 248 g/mol. The standard InChI is InChI=1S/C10H13ClO3S/c1-2-13-5-6-14-7-8(12)9-3-4-10(11)15-9/h3-4H,2,5-7H2,1H3. The molecule has 1 aromatic rings. The van der Waals surface area contributed by atoms with E-state index in [2.05, 4.69) is 0 Å². The summed E-state index contributed by atoms with van der Waals surface area (Å²) in [7, 11) is 0. The SMILES string of the molecule is CCOCCOCC(=O)c1ccc(Cl)s1. The number of thiophene rings is 1. The maximum atomic E-state index is 11.5. The number of hydrogen-bond acceptors (Lipinski definition) is 4. The lowest BCUT2D eigenvalue weighted by Gasteiger charge is -2.02. The number of rotatable bonds is 7. The molecule has 0 saturated carbocycles. The first kappa shape index (κ1) is 12.6. The molecule has 0 N–H and O–H groups in total. The highest BCUT2D eigenvalue weighted by molar-refractivity contribution is 7.18. The summed E-state index contributed by atoms with van der Waals surface area (Å²) < 4.78 is 10.8. The quantitative estimate of drug-likeness (QED) is 0.550. The third-order valence-corrected chi connectivity index (χ3v) is 2.93. The van der Waals surface area contributed by atoms with Crippen LogP contribution in [0.25, 0.3) is 0 Å². The molecule has 0 aliphatic rings. The van der Waals surface area contributed by atoms with Gasteiger partial charge in [0.15, 0.2) is 5.78 Å². The first-order valence-corrected chi connectivity index (χ1v) is 5.87. The molecule has 0 saturated heterocycles. The van der Waals surface area contributed by atoms with Crippen molar-refractivity contribution in [2.45, 2.75) is 6.92 Å². The number of hydrogen-bond donors (Lipinski definition) is 0. The van der Waals surface area contributed by atoms with Crippen LogP contribution in [0.1, 0.15) is 16.6 Å². The van der Waals surface area contributed by atoms with Gasteiger partial charge in [-0.05, 0) is 19.1 Å². The Hall–Kier alpha value is -0.420. The molecule has 5 heteroatoms. The van der Waals surface area contributed by atoms with Crippen LogP contribution >= 0.6 is 22.9 Å². The van der Waals surface area contributed by atoms with Gasteiger partial charge in [0.25, 0.3) is 0 Å². The van der Waals surface area contributed by atoms with Crippen molar-refractivity contribution in [1.82, 2.24) is 0 Å². The summed E-state index contributed by atoms with van der Waals surface area (Å²) in [6.07, 6.45) is 0. The second-order valence-corrected chi connectivity index (χ2v) is 4.49. The van der Waals surface area contributed by atoms with Gasteiger partial charge in [-0.1, -0.05) is 11.6 Å². The Kier molecular flexibility index (Phi) is 5.86. The van der Waals surface area contributed by atoms with Gasteiger partial charge >= 0.3 is 0 Å². The Balaban J connectivity index is 2.19. The molecule has 1 rings (SSSR count). The number of halogens is 1. The van der Waals surface area contributed by atoms with Crippen LogP contribution in [0.15, 0.2) is 12.1 Å². The maximum absolute atomic E-state index is 11.5. The van der Waals surface area contributed by atoms with Gasteiger partial charge in [-0.15, -0.1) is 11.3 Å². The number of ketones is 1. The number of carbonyl (C=O) groups excluding carboxylic acids is 1. The molecule has 0 aromatic carbocycles. The molecule has 0 aliphatic carbocycles. The van der Waals surface area contributed by atoms with Crippen molar-refractivity contribution in [3.05, 3.63) is 21.3 Å². The summed E-state index contributed by atoms with van der Waals surface area (Å²) in [4.78, 5) is 12.1. The summed E-state index contributed by atoms with van der Waals surface area (Å²) in [6, 6.07) is 3.42. The van der Waals surface area contributed by atoms with Crippen LogP contribution in [0.5, 0.6) is 0 Å². The van der Waals surface area contributed by atoms with Crippen molar-refractivity contribution in [3.63, 3.8) is 0 Å². The zero-order valence-electron chi connectivity index (χ0n) is 8.49. The van der Waals surface area contributed by atoms with E-state index in [-0.39, 0.29) is 12.4 Å². The maximum Gasteiger partial charge on any atom is 0.198 e. The Bertz CT molecular complexity index is 311.